The first-order valence-electron chi connectivity index (χ1n) is 7.41. The second-order valence-electron chi connectivity index (χ2n) is 6.28. The Morgan fingerprint density at radius 1 is 1.00 bits per heavy atom. The lowest BCUT2D eigenvalue weighted by Gasteiger charge is -2.32. The van der Waals surface area contributed by atoms with E-state index in [4.69, 9.17) is 5.73 Å². The van der Waals surface area contributed by atoms with Crippen LogP contribution in [0.1, 0.15) is 60.3 Å². The second kappa shape index (κ2) is 11.3. The summed E-state index contributed by atoms with van der Waals surface area (Å²) in [6.07, 6.45) is 5.47. The fourth-order valence-electron chi connectivity index (χ4n) is 2.55. The number of carbonyl (C=O) groups is 2. The summed E-state index contributed by atoms with van der Waals surface area (Å²) in [7, 11) is 0. The summed E-state index contributed by atoms with van der Waals surface area (Å²) >= 11 is 0. The van der Waals surface area contributed by atoms with Crippen molar-refractivity contribution in [2.45, 2.75) is 65.8 Å². The van der Waals surface area contributed by atoms with Crippen LogP contribution in [0, 0.1) is 11.8 Å². The lowest BCUT2D eigenvalue weighted by Crippen LogP contribution is -2.42. The van der Waals surface area contributed by atoms with Crippen molar-refractivity contribution in [3.05, 3.63) is 12.2 Å². The zero-order valence-electron chi connectivity index (χ0n) is 13.8. The van der Waals surface area contributed by atoms with E-state index in [1.807, 2.05) is 0 Å². The van der Waals surface area contributed by atoms with E-state index in [0.717, 1.165) is 11.8 Å². The fraction of sp³-hybridized carbons (Fsp3) is 0.750. The molecule has 0 spiro atoms. The Balaban J connectivity index is 0. The third kappa shape index (κ3) is 16.6. The van der Waals surface area contributed by atoms with Crippen molar-refractivity contribution < 1.29 is 19.8 Å². The Kier molecular flexibility index (Phi) is 11.8. The number of nitrogens with two attached hydrogens (primary N) is 1. The summed E-state index contributed by atoms with van der Waals surface area (Å²) in [5, 5.41) is 18.8. The molecule has 0 amide bonds. The van der Waals surface area contributed by atoms with Crippen LogP contribution in [0.5, 0.6) is 0 Å². The fourth-order valence-corrected chi connectivity index (χ4v) is 2.55. The molecular formula is C16H29NO4-2. The highest BCUT2D eigenvalue weighted by Crippen LogP contribution is 2.26. The Bertz CT molecular complexity index is 309. The van der Waals surface area contributed by atoms with Crippen molar-refractivity contribution in [1.82, 2.24) is 0 Å². The summed E-state index contributed by atoms with van der Waals surface area (Å²) in [4.78, 5) is 18.8. The molecule has 124 valence electrons. The third-order valence-electron chi connectivity index (χ3n) is 2.73. The van der Waals surface area contributed by atoms with Crippen LogP contribution in [-0.2, 0) is 9.59 Å². The molecule has 0 aliphatic heterocycles. The lowest BCUT2D eigenvalue weighted by molar-refractivity contribution is -0.301. The average Bonchev–Trinajstić information content (AvgIpc) is 2.24. The first-order valence-corrected chi connectivity index (χ1v) is 7.41. The molecular weight excluding hydrogens is 270 g/mol. The van der Waals surface area contributed by atoms with Gasteiger partial charge in [-0.1, -0.05) is 41.0 Å². The van der Waals surface area contributed by atoms with Gasteiger partial charge in [0.05, 0.1) is 11.9 Å². The molecule has 0 heterocycles. The van der Waals surface area contributed by atoms with Crippen LogP contribution < -0.4 is 15.9 Å². The molecule has 0 aromatic rings. The molecule has 0 unspecified atom stereocenters. The standard InChI is InChI=1S/C12H27N.C4H4O4/c1-6-7-12(13,8-10(2)3)9-11(4)5;5-3(6)1-2-4(7)8/h10-11H,6-9,13H2,1-5H3;1-2H,(H,5,6)(H,7,8)/p-2/b;2-1+. The summed E-state index contributed by atoms with van der Waals surface area (Å²) in [5.74, 6) is -1.66. The van der Waals surface area contributed by atoms with Crippen molar-refractivity contribution in [1.29, 1.82) is 0 Å². The predicted octanol–water partition coefficient (Wildman–Crippen LogP) is 0.619. The first kappa shape index (κ1) is 21.9. The van der Waals surface area contributed by atoms with Crippen LogP contribution in [0.3, 0.4) is 0 Å². The zero-order valence-corrected chi connectivity index (χ0v) is 13.8. The van der Waals surface area contributed by atoms with Gasteiger partial charge in [0.2, 0.25) is 0 Å². The largest absolute Gasteiger partial charge is 0.545 e. The van der Waals surface area contributed by atoms with E-state index in [2.05, 4.69) is 34.6 Å². The van der Waals surface area contributed by atoms with Crippen LogP contribution >= 0.6 is 0 Å². The van der Waals surface area contributed by atoms with Gasteiger partial charge in [0, 0.05) is 5.54 Å². The molecule has 0 aliphatic carbocycles. The third-order valence-corrected chi connectivity index (χ3v) is 2.73. The number of hydrogen-bond acceptors (Lipinski definition) is 5. The van der Waals surface area contributed by atoms with E-state index in [0.29, 0.717) is 12.2 Å². The molecule has 0 saturated heterocycles. The van der Waals surface area contributed by atoms with Crippen molar-refractivity contribution in [3.8, 4) is 0 Å². The monoisotopic (exact) mass is 299 g/mol. The number of aliphatic carboxylic acids is 2. The molecule has 0 rings (SSSR count). The molecule has 5 heteroatoms. The molecule has 21 heavy (non-hydrogen) atoms. The minimum Gasteiger partial charge on any atom is -0.545 e. The van der Waals surface area contributed by atoms with E-state index in [1.54, 1.807) is 0 Å². The maximum atomic E-state index is 9.41. The Morgan fingerprint density at radius 3 is 1.52 bits per heavy atom. The highest BCUT2D eigenvalue weighted by Gasteiger charge is 2.25. The molecule has 0 bridgehead atoms. The minimum atomic E-state index is -1.55. The molecule has 0 aromatic heterocycles. The smallest absolute Gasteiger partial charge is 0.0643 e. The maximum absolute atomic E-state index is 9.41. The molecule has 0 fully saturated rings. The van der Waals surface area contributed by atoms with Gasteiger partial charge in [0.15, 0.2) is 0 Å². The molecule has 0 aliphatic rings. The van der Waals surface area contributed by atoms with Crippen molar-refractivity contribution in [3.63, 3.8) is 0 Å². The van der Waals surface area contributed by atoms with Crippen molar-refractivity contribution >= 4 is 11.9 Å². The molecule has 2 N–H and O–H groups in total. The molecule has 0 atom stereocenters. The molecule has 0 radical (unpaired) electrons. The summed E-state index contributed by atoms with van der Waals surface area (Å²) in [6, 6.07) is 0. The quantitative estimate of drug-likeness (QED) is 0.661. The Hall–Kier alpha value is -1.36. The number of carbonyl (C=O) groups excluding carboxylic acids is 2. The Morgan fingerprint density at radius 2 is 1.33 bits per heavy atom. The average molecular weight is 299 g/mol. The van der Waals surface area contributed by atoms with E-state index >= 15 is 0 Å². The van der Waals surface area contributed by atoms with Gasteiger partial charge in [-0.05, 0) is 43.3 Å². The maximum Gasteiger partial charge on any atom is 0.0643 e. The van der Waals surface area contributed by atoms with Gasteiger partial charge in [-0.25, -0.2) is 0 Å². The normalized spacial score (nSPS) is 11.6. The van der Waals surface area contributed by atoms with Gasteiger partial charge >= 0.3 is 0 Å². The molecule has 0 aromatic carbocycles. The van der Waals surface area contributed by atoms with E-state index in [9.17, 15) is 19.8 Å². The number of rotatable bonds is 8. The highest BCUT2D eigenvalue weighted by atomic mass is 16.4. The van der Waals surface area contributed by atoms with E-state index < -0.39 is 11.9 Å². The second-order valence-corrected chi connectivity index (χ2v) is 6.28. The van der Waals surface area contributed by atoms with Crippen LogP contribution in [0.25, 0.3) is 0 Å². The van der Waals surface area contributed by atoms with Gasteiger partial charge < -0.3 is 25.5 Å². The van der Waals surface area contributed by atoms with Gasteiger partial charge in [-0.3, -0.25) is 0 Å². The van der Waals surface area contributed by atoms with Gasteiger partial charge in [-0.2, -0.15) is 0 Å². The number of carboxylic acid groups (broad SMARTS) is 2. The lowest BCUT2D eigenvalue weighted by atomic mass is 9.80. The summed E-state index contributed by atoms with van der Waals surface area (Å²) < 4.78 is 0. The van der Waals surface area contributed by atoms with Gasteiger partial charge in [-0.15, -0.1) is 0 Å². The van der Waals surface area contributed by atoms with Crippen LogP contribution in [0.4, 0.5) is 0 Å². The summed E-state index contributed by atoms with van der Waals surface area (Å²) in [6.45, 7) is 11.3. The van der Waals surface area contributed by atoms with Crippen molar-refractivity contribution in [2.24, 2.45) is 17.6 Å². The van der Waals surface area contributed by atoms with Crippen LogP contribution in [0.15, 0.2) is 12.2 Å². The van der Waals surface area contributed by atoms with Gasteiger partial charge in [0.25, 0.3) is 0 Å². The van der Waals surface area contributed by atoms with Crippen LogP contribution in [-0.4, -0.2) is 17.5 Å². The predicted molar refractivity (Wildman–Crippen MR) is 79.9 cm³/mol. The minimum absolute atomic E-state index is 0.0943. The number of carboxylic acids is 2. The molecule has 5 nitrogen and oxygen atoms in total. The highest BCUT2D eigenvalue weighted by molar-refractivity contribution is 5.87. The van der Waals surface area contributed by atoms with E-state index in [1.165, 1.54) is 25.7 Å². The summed E-state index contributed by atoms with van der Waals surface area (Å²) in [5.41, 5.74) is 6.50. The van der Waals surface area contributed by atoms with Gasteiger partial charge in [0.1, 0.15) is 0 Å². The Labute approximate surface area is 128 Å². The first-order chi connectivity index (χ1) is 9.52. The van der Waals surface area contributed by atoms with Crippen LogP contribution in [0.2, 0.25) is 0 Å². The zero-order chi connectivity index (χ0) is 17.1. The molecule has 0 saturated carbocycles. The van der Waals surface area contributed by atoms with E-state index in [-0.39, 0.29) is 5.54 Å². The SMILES string of the molecule is CCCC(N)(CC(C)C)CC(C)C.O=C([O-])/C=C/C(=O)[O-]. The topological polar surface area (TPSA) is 106 Å². The van der Waals surface area contributed by atoms with Crippen molar-refractivity contribution in [2.75, 3.05) is 0 Å². The number of hydrogen-bond donors (Lipinski definition) is 1.